The Labute approximate surface area is 256 Å². The van der Waals surface area contributed by atoms with E-state index in [1.807, 2.05) is 0 Å². The van der Waals surface area contributed by atoms with Crippen LogP contribution in [-0.2, 0) is 0 Å². The molecule has 4 aliphatic carbocycles. The summed E-state index contributed by atoms with van der Waals surface area (Å²) in [4.78, 5) is 0. The zero-order valence-corrected chi connectivity index (χ0v) is 28.0. The van der Waals surface area contributed by atoms with E-state index in [1.165, 1.54) is 135 Å². The third kappa shape index (κ3) is 5.73. The first-order chi connectivity index (χ1) is 17.2. The summed E-state index contributed by atoms with van der Waals surface area (Å²) in [6, 6.07) is 0. The molecule has 2 unspecified atom stereocenters. The lowest BCUT2D eigenvalue weighted by Crippen LogP contribution is -2.72. The topological polar surface area (TPSA) is 0 Å². The van der Waals surface area contributed by atoms with Crippen LogP contribution in [0.15, 0.2) is 0 Å². The smallest absolute Gasteiger partial charge is 0.0252 e. The van der Waals surface area contributed by atoms with Crippen molar-refractivity contribution in [3.8, 4) is 0 Å². The van der Waals surface area contributed by atoms with E-state index in [0.29, 0.717) is 5.92 Å². The Morgan fingerprint density at radius 1 is 0.528 bits per heavy atom. The van der Waals surface area contributed by atoms with Gasteiger partial charge in [0, 0.05) is 29.7 Å². The summed E-state index contributed by atoms with van der Waals surface area (Å²) in [6.07, 6.45) is 27.6. The molecule has 4 fully saturated rings. The van der Waals surface area contributed by atoms with Crippen molar-refractivity contribution in [1.29, 1.82) is 0 Å². The predicted molar refractivity (Wildman–Crippen MR) is 181 cm³/mol. The summed E-state index contributed by atoms with van der Waals surface area (Å²) in [5, 5.41) is 0.177. The van der Waals surface area contributed by atoms with Gasteiger partial charge in [0.15, 0.2) is 0 Å². The molecule has 0 saturated heterocycles. The summed E-state index contributed by atoms with van der Waals surface area (Å²) < 4.78 is -0.169. The quantitative estimate of drug-likeness (QED) is 0.138. The van der Waals surface area contributed by atoms with Gasteiger partial charge in [-0.2, -0.15) is 75.8 Å². The minimum absolute atomic E-state index is 0.0291. The van der Waals surface area contributed by atoms with Crippen LogP contribution in [0.3, 0.4) is 0 Å². The second-order valence-corrected chi connectivity index (χ2v) is 17.7. The average molecular weight is 607 g/mol. The summed E-state index contributed by atoms with van der Waals surface area (Å²) in [6.45, 7) is 0. The van der Waals surface area contributed by atoms with E-state index in [-0.39, 0.29) is 29.7 Å². The molecule has 0 spiro atoms. The normalized spacial score (nSPS) is 29.8. The van der Waals surface area contributed by atoms with Gasteiger partial charge in [-0.05, 0) is 75.9 Å². The Hall–Kier alpha value is 2.10. The van der Waals surface area contributed by atoms with Gasteiger partial charge in [-0.3, -0.25) is 0 Å². The fourth-order valence-corrected chi connectivity index (χ4v) is 13.7. The summed E-state index contributed by atoms with van der Waals surface area (Å²) in [7, 11) is 0. The summed E-state index contributed by atoms with van der Waals surface area (Å²) >= 11 is 33.9. The SMILES string of the molecule is SCCCC(C1(S)CCCCC1)C(C(S)C1(S)CCCCC1)(C1(S)CCCCC1)C1(S)CCCCC1. The number of thiol groups is 6. The second kappa shape index (κ2) is 13.0. The van der Waals surface area contributed by atoms with Gasteiger partial charge in [0.2, 0.25) is 0 Å². The Bertz CT molecular complexity index is 660. The maximum atomic E-state index is 5.92. The van der Waals surface area contributed by atoms with Gasteiger partial charge < -0.3 is 0 Å². The van der Waals surface area contributed by atoms with Crippen molar-refractivity contribution in [2.45, 2.75) is 165 Å². The van der Waals surface area contributed by atoms with Gasteiger partial charge in [-0.1, -0.05) is 77.0 Å². The van der Waals surface area contributed by atoms with Crippen molar-refractivity contribution in [3.63, 3.8) is 0 Å². The highest BCUT2D eigenvalue weighted by Gasteiger charge is 2.71. The molecule has 0 amide bonds. The average Bonchev–Trinajstić information content (AvgIpc) is 2.87. The molecule has 0 nitrogen and oxygen atoms in total. The lowest BCUT2D eigenvalue weighted by Gasteiger charge is -2.70. The molecule has 0 aromatic heterocycles. The number of hydrogen-bond acceptors (Lipinski definition) is 6. The van der Waals surface area contributed by atoms with Gasteiger partial charge in [-0.25, -0.2) is 0 Å². The van der Waals surface area contributed by atoms with E-state index in [1.54, 1.807) is 0 Å². The van der Waals surface area contributed by atoms with Crippen LogP contribution in [-0.4, -0.2) is 30.0 Å². The largest absolute Gasteiger partial charge is 0.179 e. The predicted octanol–water partition coefficient (Wildman–Crippen LogP) is 10.1. The highest BCUT2D eigenvalue weighted by Crippen LogP contribution is 2.71. The Kier molecular flexibility index (Phi) is 11.2. The lowest BCUT2D eigenvalue weighted by molar-refractivity contribution is -0.0321. The minimum Gasteiger partial charge on any atom is -0.179 e. The van der Waals surface area contributed by atoms with Crippen molar-refractivity contribution >= 4 is 75.8 Å². The summed E-state index contributed by atoms with van der Waals surface area (Å²) in [5.74, 6) is 1.39. The molecule has 210 valence electrons. The highest BCUT2D eigenvalue weighted by molar-refractivity contribution is 7.86. The molecule has 0 aromatic carbocycles. The molecule has 0 N–H and O–H groups in total. The van der Waals surface area contributed by atoms with Gasteiger partial charge >= 0.3 is 0 Å². The Morgan fingerprint density at radius 2 is 0.889 bits per heavy atom. The van der Waals surface area contributed by atoms with Crippen LogP contribution in [0.1, 0.15) is 141 Å². The maximum absolute atomic E-state index is 5.92. The minimum atomic E-state index is -0.114. The molecular weight excluding hydrogens is 553 g/mol. The van der Waals surface area contributed by atoms with E-state index >= 15 is 0 Å². The highest BCUT2D eigenvalue weighted by atomic mass is 32.1. The van der Waals surface area contributed by atoms with Crippen LogP contribution in [0.25, 0.3) is 0 Å². The van der Waals surface area contributed by atoms with Crippen LogP contribution >= 0.6 is 75.8 Å². The summed E-state index contributed by atoms with van der Waals surface area (Å²) in [5.41, 5.74) is -0.114. The van der Waals surface area contributed by atoms with Crippen molar-refractivity contribution in [1.82, 2.24) is 0 Å². The zero-order valence-electron chi connectivity index (χ0n) is 22.6. The molecule has 4 rings (SSSR count). The zero-order chi connectivity index (χ0) is 25.9. The van der Waals surface area contributed by atoms with E-state index in [0.717, 1.165) is 12.2 Å². The van der Waals surface area contributed by atoms with Gasteiger partial charge in [0.05, 0.1) is 0 Å². The van der Waals surface area contributed by atoms with Crippen LogP contribution in [0, 0.1) is 11.3 Å². The van der Waals surface area contributed by atoms with Crippen molar-refractivity contribution in [3.05, 3.63) is 0 Å². The first-order valence-electron chi connectivity index (χ1n) is 15.4. The number of hydrogen-bond donors (Lipinski definition) is 6. The van der Waals surface area contributed by atoms with Crippen LogP contribution in [0.4, 0.5) is 0 Å². The molecular formula is C30H54S6. The van der Waals surface area contributed by atoms with Crippen molar-refractivity contribution in [2.24, 2.45) is 11.3 Å². The molecule has 0 aliphatic heterocycles. The van der Waals surface area contributed by atoms with E-state index in [4.69, 9.17) is 75.8 Å². The van der Waals surface area contributed by atoms with Gasteiger partial charge in [-0.15, -0.1) is 0 Å². The van der Waals surface area contributed by atoms with Crippen molar-refractivity contribution < 1.29 is 0 Å². The first kappa shape index (κ1) is 31.0. The Balaban J connectivity index is 1.98. The fourth-order valence-electron chi connectivity index (χ4n) is 9.47. The van der Waals surface area contributed by atoms with Crippen LogP contribution < -0.4 is 0 Å². The molecule has 0 heterocycles. The molecule has 0 radical (unpaired) electrons. The van der Waals surface area contributed by atoms with E-state index < -0.39 is 0 Å². The molecule has 4 saturated carbocycles. The molecule has 6 heteroatoms. The third-order valence-electron chi connectivity index (χ3n) is 11.1. The van der Waals surface area contributed by atoms with Crippen LogP contribution in [0.2, 0.25) is 0 Å². The lowest BCUT2D eigenvalue weighted by atomic mass is 9.45. The van der Waals surface area contributed by atoms with Gasteiger partial charge in [0.1, 0.15) is 0 Å². The fraction of sp³-hybridized carbons (Fsp3) is 1.00. The standard InChI is InChI=1S/C30H54S6/c31-23-13-14-24(26(33)15-5-1-6-16-26)30(28(35)19-9-3-10-20-28,29(36)21-11-4-12-22-29)25(32)27(34)17-7-2-8-18-27/h24-25,31-36H,1-23H2. The molecule has 0 bridgehead atoms. The number of rotatable bonds is 9. The molecule has 4 aliphatic rings. The second-order valence-electron chi connectivity index (χ2n) is 13.2. The third-order valence-corrected chi connectivity index (χ3v) is 15.6. The van der Waals surface area contributed by atoms with E-state index in [2.05, 4.69) is 0 Å². The monoisotopic (exact) mass is 606 g/mol. The Morgan fingerprint density at radius 3 is 1.28 bits per heavy atom. The first-order valence-corrected chi connectivity index (χ1v) is 18.3. The molecule has 36 heavy (non-hydrogen) atoms. The van der Waals surface area contributed by atoms with Crippen LogP contribution in [0.5, 0.6) is 0 Å². The van der Waals surface area contributed by atoms with Crippen molar-refractivity contribution in [2.75, 3.05) is 5.75 Å². The van der Waals surface area contributed by atoms with E-state index in [9.17, 15) is 0 Å². The van der Waals surface area contributed by atoms with Gasteiger partial charge in [0.25, 0.3) is 0 Å². The molecule has 0 aromatic rings. The molecule has 2 atom stereocenters. The maximum Gasteiger partial charge on any atom is 0.0252 e.